The molecule has 1 saturated carbocycles. The third kappa shape index (κ3) is 2.82. The number of nitrogens with one attached hydrogen (secondary N) is 1. The molecule has 25 heavy (non-hydrogen) atoms. The molecule has 130 valence electrons. The first-order valence-electron chi connectivity index (χ1n) is 8.54. The van der Waals surface area contributed by atoms with Crippen molar-refractivity contribution in [3.63, 3.8) is 0 Å². The standard InChI is InChI=1S/C19H22N4O2/c1-22-11-16(15-5-3-4-6-17(15)22)19(25)21-18(12-7-14(24)8-12)13-9-20-23(2)10-13/h3-6,9-12,14,18,24H,7-8H2,1-2H3,(H,21,25). The summed E-state index contributed by atoms with van der Waals surface area (Å²) in [6, 6.07) is 7.75. The largest absolute Gasteiger partial charge is 0.393 e. The number of fused-ring (bicyclic) bond motifs is 1. The van der Waals surface area contributed by atoms with Gasteiger partial charge in [0.15, 0.2) is 0 Å². The van der Waals surface area contributed by atoms with E-state index in [0.717, 1.165) is 16.5 Å². The van der Waals surface area contributed by atoms with Crippen molar-refractivity contribution in [1.29, 1.82) is 0 Å². The minimum absolute atomic E-state index is 0.0907. The Balaban J connectivity index is 1.64. The molecule has 1 aliphatic carbocycles. The molecule has 0 saturated heterocycles. The van der Waals surface area contributed by atoms with Crippen LogP contribution in [0.5, 0.6) is 0 Å². The Hall–Kier alpha value is -2.60. The summed E-state index contributed by atoms with van der Waals surface area (Å²) < 4.78 is 3.71. The first kappa shape index (κ1) is 15.9. The third-order valence-electron chi connectivity index (χ3n) is 5.13. The van der Waals surface area contributed by atoms with Crippen molar-refractivity contribution in [1.82, 2.24) is 19.7 Å². The van der Waals surface area contributed by atoms with Crippen LogP contribution in [0, 0.1) is 5.92 Å². The molecule has 1 atom stereocenters. The Morgan fingerprint density at radius 2 is 2.04 bits per heavy atom. The van der Waals surface area contributed by atoms with Gasteiger partial charge in [0.1, 0.15) is 0 Å². The van der Waals surface area contributed by atoms with E-state index in [0.29, 0.717) is 18.4 Å². The molecule has 0 radical (unpaired) electrons. The maximum atomic E-state index is 13.0. The molecule has 1 fully saturated rings. The molecule has 1 amide bonds. The molecule has 1 unspecified atom stereocenters. The van der Waals surface area contributed by atoms with Gasteiger partial charge in [-0.2, -0.15) is 5.10 Å². The Kier molecular flexibility index (Phi) is 3.84. The molecule has 1 aliphatic rings. The highest BCUT2D eigenvalue weighted by atomic mass is 16.3. The van der Waals surface area contributed by atoms with E-state index in [2.05, 4.69) is 10.4 Å². The van der Waals surface area contributed by atoms with E-state index in [1.807, 2.05) is 55.3 Å². The van der Waals surface area contributed by atoms with E-state index in [-0.39, 0.29) is 24.0 Å². The normalized spacial score (nSPS) is 21.1. The van der Waals surface area contributed by atoms with Gasteiger partial charge in [-0.15, -0.1) is 0 Å². The number of carbonyl (C=O) groups is 1. The SMILES string of the molecule is Cn1cc(C(NC(=O)c2cn(C)c3ccccc23)C2CC(O)C2)cn1. The maximum absolute atomic E-state index is 13.0. The van der Waals surface area contributed by atoms with Gasteiger partial charge in [0.2, 0.25) is 0 Å². The molecule has 6 nitrogen and oxygen atoms in total. The highest BCUT2D eigenvalue weighted by Crippen LogP contribution is 2.38. The molecule has 3 aromatic rings. The van der Waals surface area contributed by atoms with Crippen LogP contribution in [0.3, 0.4) is 0 Å². The second-order valence-corrected chi connectivity index (χ2v) is 6.95. The number of para-hydroxylation sites is 1. The number of benzene rings is 1. The summed E-state index contributed by atoms with van der Waals surface area (Å²) in [6.07, 6.45) is 6.73. The van der Waals surface area contributed by atoms with E-state index in [9.17, 15) is 9.90 Å². The second kappa shape index (κ2) is 6.04. The van der Waals surface area contributed by atoms with Crippen LogP contribution in [0.2, 0.25) is 0 Å². The van der Waals surface area contributed by atoms with Gasteiger partial charge in [-0.05, 0) is 24.8 Å². The molecule has 0 spiro atoms. The number of hydrogen-bond acceptors (Lipinski definition) is 3. The van der Waals surface area contributed by atoms with Crippen LogP contribution >= 0.6 is 0 Å². The van der Waals surface area contributed by atoms with Crippen LogP contribution in [0.1, 0.15) is 34.8 Å². The number of rotatable bonds is 4. The predicted molar refractivity (Wildman–Crippen MR) is 95.1 cm³/mol. The molecular formula is C19H22N4O2. The number of aliphatic hydroxyl groups excluding tert-OH is 1. The van der Waals surface area contributed by atoms with Crippen molar-refractivity contribution in [3.05, 3.63) is 54.0 Å². The van der Waals surface area contributed by atoms with Gasteiger partial charge in [-0.1, -0.05) is 18.2 Å². The second-order valence-electron chi connectivity index (χ2n) is 6.95. The van der Waals surface area contributed by atoms with Gasteiger partial charge < -0.3 is 15.0 Å². The van der Waals surface area contributed by atoms with Crippen molar-refractivity contribution < 1.29 is 9.90 Å². The number of nitrogens with zero attached hydrogens (tertiary/aromatic N) is 3. The molecule has 4 rings (SSSR count). The monoisotopic (exact) mass is 338 g/mol. The highest BCUT2D eigenvalue weighted by molar-refractivity contribution is 6.07. The zero-order valence-electron chi connectivity index (χ0n) is 14.4. The van der Waals surface area contributed by atoms with Gasteiger partial charge in [-0.3, -0.25) is 9.48 Å². The Bertz CT molecular complexity index is 921. The summed E-state index contributed by atoms with van der Waals surface area (Å²) in [4.78, 5) is 13.0. The molecule has 2 aromatic heterocycles. The van der Waals surface area contributed by atoms with Gasteiger partial charge >= 0.3 is 0 Å². The number of amides is 1. The average Bonchev–Trinajstić information content (AvgIpc) is 3.14. The smallest absolute Gasteiger partial charge is 0.253 e. The van der Waals surface area contributed by atoms with E-state index < -0.39 is 0 Å². The van der Waals surface area contributed by atoms with Crippen LogP contribution in [0.25, 0.3) is 10.9 Å². The lowest BCUT2D eigenvalue weighted by Crippen LogP contribution is -2.41. The van der Waals surface area contributed by atoms with Crippen molar-refractivity contribution in [3.8, 4) is 0 Å². The van der Waals surface area contributed by atoms with Crippen LogP contribution in [-0.2, 0) is 14.1 Å². The average molecular weight is 338 g/mol. The summed E-state index contributed by atoms with van der Waals surface area (Å²) in [7, 11) is 3.81. The van der Waals surface area contributed by atoms with Crippen molar-refractivity contribution >= 4 is 16.8 Å². The number of carbonyl (C=O) groups excluding carboxylic acids is 1. The fraction of sp³-hybridized carbons (Fsp3) is 0.368. The number of aromatic nitrogens is 3. The van der Waals surface area contributed by atoms with Crippen molar-refractivity contribution in [2.45, 2.75) is 25.0 Å². The predicted octanol–water partition coefficient (Wildman–Crippen LogP) is 2.15. The van der Waals surface area contributed by atoms with Gasteiger partial charge in [0, 0.05) is 43.0 Å². The van der Waals surface area contributed by atoms with Crippen LogP contribution in [0.4, 0.5) is 0 Å². The maximum Gasteiger partial charge on any atom is 0.253 e. The van der Waals surface area contributed by atoms with E-state index >= 15 is 0 Å². The van der Waals surface area contributed by atoms with Crippen LogP contribution in [0.15, 0.2) is 42.9 Å². The third-order valence-corrected chi connectivity index (χ3v) is 5.13. The summed E-state index contributed by atoms with van der Waals surface area (Å²) in [5, 5.41) is 18.0. The zero-order chi connectivity index (χ0) is 17.6. The Morgan fingerprint density at radius 1 is 1.28 bits per heavy atom. The van der Waals surface area contributed by atoms with E-state index in [1.165, 1.54) is 0 Å². The number of aryl methyl sites for hydroxylation is 2. The molecule has 0 aliphatic heterocycles. The first-order chi connectivity index (χ1) is 12.0. The summed E-state index contributed by atoms with van der Waals surface area (Å²) in [5.41, 5.74) is 2.68. The van der Waals surface area contributed by atoms with E-state index in [4.69, 9.17) is 0 Å². The highest BCUT2D eigenvalue weighted by Gasteiger charge is 2.36. The van der Waals surface area contributed by atoms with Gasteiger partial charge in [0.25, 0.3) is 5.91 Å². The quantitative estimate of drug-likeness (QED) is 0.766. The summed E-state index contributed by atoms with van der Waals surface area (Å²) in [6.45, 7) is 0. The molecule has 1 aromatic carbocycles. The Morgan fingerprint density at radius 3 is 2.72 bits per heavy atom. The van der Waals surface area contributed by atoms with Crippen LogP contribution < -0.4 is 5.32 Å². The lowest BCUT2D eigenvalue weighted by Gasteiger charge is -2.37. The molecule has 2 heterocycles. The minimum atomic E-state index is -0.265. The molecule has 6 heteroatoms. The topological polar surface area (TPSA) is 72.1 Å². The number of hydrogen-bond donors (Lipinski definition) is 2. The van der Waals surface area contributed by atoms with Gasteiger partial charge in [0.05, 0.1) is 23.9 Å². The molecular weight excluding hydrogens is 316 g/mol. The van der Waals surface area contributed by atoms with Crippen molar-refractivity contribution in [2.24, 2.45) is 20.0 Å². The first-order valence-corrected chi connectivity index (χ1v) is 8.54. The lowest BCUT2D eigenvalue weighted by molar-refractivity contribution is 0.0235. The van der Waals surface area contributed by atoms with Gasteiger partial charge in [-0.25, -0.2) is 0 Å². The molecule has 2 N–H and O–H groups in total. The number of aliphatic hydroxyl groups is 1. The lowest BCUT2D eigenvalue weighted by atomic mass is 9.75. The van der Waals surface area contributed by atoms with E-state index in [1.54, 1.807) is 10.9 Å². The fourth-order valence-corrected chi connectivity index (χ4v) is 3.72. The van der Waals surface area contributed by atoms with Crippen molar-refractivity contribution in [2.75, 3.05) is 0 Å². The fourth-order valence-electron chi connectivity index (χ4n) is 3.72. The van der Waals surface area contributed by atoms with Crippen LogP contribution in [-0.4, -0.2) is 31.5 Å². The summed E-state index contributed by atoms with van der Waals surface area (Å²) in [5.74, 6) is 0.144. The minimum Gasteiger partial charge on any atom is -0.393 e. The summed E-state index contributed by atoms with van der Waals surface area (Å²) >= 11 is 0. The Labute approximate surface area is 146 Å². The zero-order valence-corrected chi connectivity index (χ0v) is 14.4. The molecule has 0 bridgehead atoms.